The molecule has 1 rings (SSSR count). The fourth-order valence-electron chi connectivity index (χ4n) is 2.21. The molecule has 1 aliphatic rings. The van der Waals surface area contributed by atoms with Crippen molar-refractivity contribution in [3.63, 3.8) is 0 Å². The van der Waals surface area contributed by atoms with Gasteiger partial charge in [-0.25, -0.2) is 0 Å². The topological polar surface area (TPSA) is 46.3 Å². The Morgan fingerprint density at radius 1 is 1.53 bits per heavy atom. The monoisotopic (exact) mass is 212 g/mol. The van der Waals surface area contributed by atoms with E-state index in [9.17, 15) is 4.79 Å². The lowest BCUT2D eigenvalue weighted by molar-refractivity contribution is -0.132. The lowest BCUT2D eigenvalue weighted by atomic mass is 9.99. The average molecular weight is 212 g/mol. The Balaban J connectivity index is 2.40. The lowest BCUT2D eigenvalue weighted by Gasteiger charge is -2.26. The van der Waals surface area contributed by atoms with E-state index in [2.05, 4.69) is 13.8 Å². The van der Waals surface area contributed by atoms with E-state index in [1.165, 1.54) is 6.42 Å². The highest BCUT2D eigenvalue weighted by Gasteiger charge is 2.27. The van der Waals surface area contributed by atoms with Crippen LogP contribution in [0.5, 0.6) is 0 Å². The van der Waals surface area contributed by atoms with Gasteiger partial charge in [0.1, 0.15) is 0 Å². The summed E-state index contributed by atoms with van der Waals surface area (Å²) in [5, 5.41) is 0. The molecule has 1 aliphatic carbocycles. The summed E-state index contributed by atoms with van der Waals surface area (Å²) < 4.78 is 0. The summed E-state index contributed by atoms with van der Waals surface area (Å²) in [7, 11) is 1.90. The van der Waals surface area contributed by atoms with Gasteiger partial charge in [-0.3, -0.25) is 4.79 Å². The second kappa shape index (κ2) is 5.50. The van der Waals surface area contributed by atoms with Gasteiger partial charge in [-0.15, -0.1) is 0 Å². The molecule has 0 radical (unpaired) electrons. The maximum absolute atomic E-state index is 11.9. The molecule has 3 heteroatoms. The normalized spacial score (nSPS) is 27.7. The van der Waals surface area contributed by atoms with Crippen molar-refractivity contribution in [3.05, 3.63) is 0 Å². The van der Waals surface area contributed by atoms with E-state index in [1.54, 1.807) is 0 Å². The van der Waals surface area contributed by atoms with Gasteiger partial charge in [0, 0.05) is 25.6 Å². The smallest absolute Gasteiger partial charge is 0.222 e. The highest BCUT2D eigenvalue weighted by atomic mass is 16.2. The van der Waals surface area contributed by atoms with Crippen molar-refractivity contribution in [2.45, 2.75) is 58.0 Å². The first-order valence-corrected chi connectivity index (χ1v) is 6.07. The first-order chi connectivity index (χ1) is 7.06. The molecule has 1 fully saturated rings. The SMILES string of the molecule is CCC(C)N(C)C(=O)C[C@@H]1CCC[C@H]1N. The van der Waals surface area contributed by atoms with Crippen LogP contribution < -0.4 is 5.73 Å². The Bertz CT molecular complexity index is 218. The Labute approximate surface area is 93.0 Å². The van der Waals surface area contributed by atoms with Crippen LogP contribution >= 0.6 is 0 Å². The van der Waals surface area contributed by atoms with Gasteiger partial charge in [-0.1, -0.05) is 13.3 Å². The summed E-state index contributed by atoms with van der Waals surface area (Å²) in [4.78, 5) is 13.8. The van der Waals surface area contributed by atoms with Crippen molar-refractivity contribution >= 4 is 5.91 Å². The molecule has 2 N–H and O–H groups in total. The van der Waals surface area contributed by atoms with E-state index in [0.29, 0.717) is 18.4 Å². The Kier molecular flexibility index (Phi) is 4.58. The summed E-state index contributed by atoms with van der Waals surface area (Å²) in [6, 6.07) is 0.592. The predicted octanol–water partition coefficient (Wildman–Crippen LogP) is 1.76. The molecule has 15 heavy (non-hydrogen) atoms. The molecule has 88 valence electrons. The highest BCUT2D eigenvalue weighted by molar-refractivity contribution is 5.76. The van der Waals surface area contributed by atoms with Gasteiger partial charge in [0.15, 0.2) is 0 Å². The number of nitrogens with two attached hydrogens (primary N) is 1. The quantitative estimate of drug-likeness (QED) is 0.772. The van der Waals surface area contributed by atoms with Gasteiger partial charge in [-0.05, 0) is 32.1 Å². The largest absolute Gasteiger partial charge is 0.343 e. The molecule has 0 aromatic carbocycles. The van der Waals surface area contributed by atoms with Crippen LogP contribution in [-0.4, -0.2) is 29.9 Å². The van der Waals surface area contributed by atoms with Crippen molar-refractivity contribution in [1.82, 2.24) is 4.90 Å². The molecule has 1 unspecified atom stereocenters. The molecular weight excluding hydrogens is 188 g/mol. The van der Waals surface area contributed by atoms with Gasteiger partial charge in [0.05, 0.1) is 0 Å². The van der Waals surface area contributed by atoms with Crippen LogP contribution in [0.1, 0.15) is 46.0 Å². The minimum Gasteiger partial charge on any atom is -0.343 e. The third-order valence-electron chi connectivity index (χ3n) is 3.80. The zero-order valence-corrected chi connectivity index (χ0v) is 10.2. The predicted molar refractivity (Wildman–Crippen MR) is 62.5 cm³/mol. The van der Waals surface area contributed by atoms with E-state index in [0.717, 1.165) is 19.3 Å². The van der Waals surface area contributed by atoms with Gasteiger partial charge in [0.25, 0.3) is 0 Å². The molecule has 0 aliphatic heterocycles. The standard InChI is InChI=1S/C12H24N2O/c1-4-9(2)14(3)12(15)8-10-6-5-7-11(10)13/h9-11H,4-8,13H2,1-3H3/t9?,10-,11+/m0/s1. The molecular formula is C12H24N2O. The molecule has 1 saturated carbocycles. The number of nitrogens with zero attached hydrogens (tertiary/aromatic N) is 1. The van der Waals surface area contributed by atoms with Crippen molar-refractivity contribution in [2.75, 3.05) is 7.05 Å². The van der Waals surface area contributed by atoms with Crippen LogP contribution in [0.3, 0.4) is 0 Å². The second-order valence-corrected chi connectivity index (χ2v) is 4.82. The van der Waals surface area contributed by atoms with Crippen LogP contribution in [0.15, 0.2) is 0 Å². The molecule has 0 aromatic heterocycles. The molecule has 0 heterocycles. The number of hydrogen-bond donors (Lipinski definition) is 1. The number of amides is 1. The number of hydrogen-bond acceptors (Lipinski definition) is 2. The van der Waals surface area contributed by atoms with Crippen LogP contribution in [-0.2, 0) is 4.79 Å². The summed E-state index contributed by atoms with van der Waals surface area (Å²) >= 11 is 0. The van der Waals surface area contributed by atoms with Gasteiger partial charge in [-0.2, -0.15) is 0 Å². The third-order valence-corrected chi connectivity index (χ3v) is 3.80. The summed E-state index contributed by atoms with van der Waals surface area (Å²) in [5.41, 5.74) is 5.97. The van der Waals surface area contributed by atoms with E-state index in [4.69, 9.17) is 5.73 Å². The van der Waals surface area contributed by atoms with Crippen molar-refractivity contribution < 1.29 is 4.79 Å². The molecule has 0 spiro atoms. The van der Waals surface area contributed by atoms with Crippen molar-refractivity contribution in [1.29, 1.82) is 0 Å². The minimum absolute atomic E-state index is 0.249. The minimum atomic E-state index is 0.249. The lowest BCUT2D eigenvalue weighted by Crippen LogP contribution is -2.37. The second-order valence-electron chi connectivity index (χ2n) is 4.82. The van der Waals surface area contributed by atoms with E-state index >= 15 is 0 Å². The maximum atomic E-state index is 11.9. The number of carbonyl (C=O) groups is 1. The molecule has 0 saturated heterocycles. The van der Waals surface area contributed by atoms with Gasteiger partial charge < -0.3 is 10.6 Å². The average Bonchev–Trinajstić information content (AvgIpc) is 2.62. The molecule has 3 nitrogen and oxygen atoms in total. The fraction of sp³-hybridized carbons (Fsp3) is 0.917. The van der Waals surface area contributed by atoms with E-state index in [1.807, 2.05) is 11.9 Å². The van der Waals surface area contributed by atoms with Crippen LogP contribution in [0.2, 0.25) is 0 Å². The Morgan fingerprint density at radius 2 is 2.20 bits per heavy atom. The highest BCUT2D eigenvalue weighted by Crippen LogP contribution is 2.27. The first kappa shape index (κ1) is 12.5. The van der Waals surface area contributed by atoms with Crippen LogP contribution in [0.4, 0.5) is 0 Å². The van der Waals surface area contributed by atoms with Crippen LogP contribution in [0.25, 0.3) is 0 Å². The molecule has 0 bridgehead atoms. The zero-order valence-electron chi connectivity index (χ0n) is 10.2. The zero-order chi connectivity index (χ0) is 11.4. The molecule has 0 aromatic rings. The Morgan fingerprint density at radius 3 is 2.67 bits per heavy atom. The van der Waals surface area contributed by atoms with E-state index in [-0.39, 0.29) is 11.9 Å². The Hall–Kier alpha value is -0.570. The van der Waals surface area contributed by atoms with Crippen LogP contribution in [0, 0.1) is 5.92 Å². The maximum Gasteiger partial charge on any atom is 0.222 e. The van der Waals surface area contributed by atoms with Gasteiger partial charge in [0.2, 0.25) is 5.91 Å². The number of rotatable bonds is 4. The number of carbonyl (C=O) groups excluding carboxylic acids is 1. The molecule has 1 amide bonds. The first-order valence-electron chi connectivity index (χ1n) is 6.07. The van der Waals surface area contributed by atoms with Crippen molar-refractivity contribution in [3.8, 4) is 0 Å². The summed E-state index contributed by atoms with van der Waals surface area (Å²) in [5.74, 6) is 0.677. The van der Waals surface area contributed by atoms with Crippen molar-refractivity contribution in [2.24, 2.45) is 11.7 Å². The fourth-order valence-corrected chi connectivity index (χ4v) is 2.21. The van der Waals surface area contributed by atoms with Gasteiger partial charge >= 0.3 is 0 Å². The summed E-state index contributed by atoms with van der Waals surface area (Å²) in [6.45, 7) is 4.20. The summed E-state index contributed by atoms with van der Waals surface area (Å²) in [6.07, 6.45) is 5.05. The molecule has 3 atom stereocenters. The third kappa shape index (κ3) is 3.20. The van der Waals surface area contributed by atoms with E-state index < -0.39 is 0 Å².